The van der Waals surface area contributed by atoms with E-state index in [2.05, 4.69) is 11.4 Å². The molecule has 0 aromatic heterocycles. The minimum absolute atomic E-state index is 0.0716. The number of amides is 2. The number of anilines is 1. The molecule has 1 saturated heterocycles. The van der Waals surface area contributed by atoms with E-state index in [-0.39, 0.29) is 31.1 Å². The van der Waals surface area contributed by atoms with Gasteiger partial charge in [-0.25, -0.2) is 0 Å². The van der Waals surface area contributed by atoms with Crippen molar-refractivity contribution in [3.8, 4) is 11.8 Å². The van der Waals surface area contributed by atoms with Crippen molar-refractivity contribution < 1.29 is 19.1 Å². The fraction of sp³-hybridized carbons (Fsp3) is 0.400. The van der Waals surface area contributed by atoms with Gasteiger partial charge in [0.15, 0.2) is 6.61 Å². The standard InChI is InChI=1S/C25H29N3O4/c1-18-5-3-7-23(19(18)2)27-24(29)16-28(15-22-6-4-14-31-22)25(30)17-32-21-10-8-20(9-11-21)12-13-26/h3,5,7-11,22H,4,6,12,14-17H2,1-2H3,(H,27,29). The van der Waals surface area contributed by atoms with Gasteiger partial charge in [-0.3, -0.25) is 9.59 Å². The van der Waals surface area contributed by atoms with Gasteiger partial charge in [0.05, 0.1) is 18.6 Å². The number of benzene rings is 2. The number of aryl methyl sites for hydroxylation is 1. The molecule has 1 aliphatic rings. The van der Waals surface area contributed by atoms with Crippen LogP contribution < -0.4 is 10.1 Å². The number of carbonyl (C=O) groups is 2. The first-order valence-electron chi connectivity index (χ1n) is 10.8. The topological polar surface area (TPSA) is 91.7 Å². The molecule has 2 aromatic carbocycles. The van der Waals surface area contributed by atoms with E-state index in [9.17, 15) is 9.59 Å². The zero-order chi connectivity index (χ0) is 22.9. The lowest BCUT2D eigenvalue weighted by Gasteiger charge is -2.25. The Morgan fingerprint density at radius 3 is 2.69 bits per heavy atom. The summed E-state index contributed by atoms with van der Waals surface area (Å²) in [6.45, 7) is 4.71. The van der Waals surface area contributed by atoms with Crippen LogP contribution in [0.4, 0.5) is 5.69 Å². The smallest absolute Gasteiger partial charge is 0.261 e. The number of nitriles is 1. The second-order valence-corrected chi connectivity index (χ2v) is 7.97. The van der Waals surface area contributed by atoms with Crippen molar-refractivity contribution >= 4 is 17.5 Å². The van der Waals surface area contributed by atoms with Crippen LogP contribution in [0.5, 0.6) is 5.75 Å². The van der Waals surface area contributed by atoms with Gasteiger partial charge in [0.25, 0.3) is 5.91 Å². The number of nitrogens with zero attached hydrogens (tertiary/aromatic N) is 2. The molecule has 1 unspecified atom stereocenters. The third-order valence-electron chi connectivity index (χ3n) is 5.58. The highest BCUT2D eigenvalue weighted by molar-refractivity contribution is 5.95. The Hall–Kier alpha value is -3.37. The highest BCUT2D eigenvalue weighted by Crippen LogP contribution is 2.19. The monoisotopic (exact) mass is 435 g/mol. The molecule has 7 nitrogen and oxygen atoms in total. The molecule has 0 saturated carbocycles. The summed E-state index contributed by atoms with van der Waals surface area (Å²) in [5.41, 5.74) is 3.72. The number of nitrogens with one attached hydrogen (secondary N) is 1. The molecule has 1 fully saturated rings. The average Bonchev–Trinajstić information content (AvgIpc) is 3.29. The summed E-state index contributed by atoms with van der Waals surface area (Å²) in [6, 6.07) is 14.9. The zero-order valence-corrected chi connectivity index (χ0v) is 18.6. The van der Waals surface area contributed by atoms with Gasteiger partial charge in [-0.05, 0) is 61.6 Å². The highest BCUT2D eigenvalue weighted by atomic mass is 16.5. The molecule has 1 N–H and O–H groups in total. The number of hydrogen-bond acceptors (Lipinski definition) is 5. The lowest BCUT2D eigenvalue weighted by Crippen LogP contribution is -2.44. The van der Waals surface area contributed by atoms with Crippen molar-refractivity contribution in [2.75, 3.05) is 31.6 Å². The lowest BCUT2D eigenvalue weighted by atomic mass is 10.1. The van der Waals surface area contributed by atoms with Crippen LogP contribution in [0.1, 0.15) is 29.5 Å². The van der Waals surface area contributed by atoms with Crippen LogP contribution in [0.2, 0.25) is 0 Å². The van der Waals surface area contributed by atoms with Crippen molar-refractivity contribution in [1.82, 2.24) is 4.90 Å². The molecule has 7 heteroatoms. The van der Waals surface area contributed by atoms with Crippen molar-refractivity contribution in [2.45, 2.75) is 39.2 Å². The fourth-order valence-electron chi connectivity index (χ4n) is 3.57. The Bertz CT molecular complexity index is 976. The van der Waals surface area contributed by atoms with Gasteiger partial charge in [-0.2, -0.15) is 5.26 Å². The summed E-state index contributed by atoms with van der Waals surface area (Å²) in [4.78, 5) is 27.1. The van der Waals surface area contributed by atoms with Gasteiger partial charge in [-0.1, -0.05) is 24.3 Å². The fourth-order valence-corrected chi connectivity index (χ4v) is 3.57. The van der Waals surface area contributed by atoms with E-state index >= 15 is 0 Å². The van der Waals surface area contributed by atoms with E-state index in [1.54, 1.807) is 24.3 Å². The van der Waals surface area contributed by atoms with Crippen LogP contribution in [-0.4, -0.2) is 49.1 Å². The van der Waals surface area contributed by atoms with E-state index < -0.39 is 0 Å². The van der Waals surface area contributed by atoms with Crippen LogP contribution in [0, 0.1) is 25.2 Å². The Morgan fingerprint density at radius 1 is 1.22 bits per heavy atom. The van der Waals surface area contributed by atoms with Crippen LogP contribution in [0.25, 0.3) is 0 Å². The van der Waals surface area contributed by atoms with E-state index in [1.807, 2.05) is 32.0 Å². The molecule has 0 aliphatic carbocycles. The maximum atomic E-state index is 12.9. The van der Waals surface area contributed by atoms with Crippen LogP contribution in [0.15, 0.2) is 42.5 Å². The van der Waals surface area contributed by atoms with Crippen molar-refractivity contribution in [2.24, 2.45) is 0 Å². The Morgan fingerprint density at radius 2 is 2.00 bits per heavy atom. The molecule has 0 bridgehead atoms. The Labute approximate surface area is 188 Å². The second-order valence-electron chi connectivity index (χ2n) is 7.97. The van der Waals surface area contributed by atoms with Crippen LogP contribution >= 0.6 is 0 Å². The SMILES string of the molecule is Cc1cccc(NC(=O)CN(CC2CCCO2)C(=O)COc2ccc(CC#N)cc2)c1C. The molecular weight excluding hydrogens is 406 g/mol. The predicted molar refractivity (Wildman–Crippen MR) is 121 cm³/mol. The minimum Gasteiger partial charge on any atom is -0.484 e. The summed E-state index contributed by atoms with van der Waals surface area (Å²) in [5.74, 6) is 0.000521. The zero-order valence-electron chi connectivity index (χ0n) is 18.6. The van der Waals surface area contributed by atoms with Crippen LogP contribution in [0.3, 0.4) is 0 Å². The van der Waals surface area contributed by atoms with E-state index in [1.165, 1.54) is 4.90 Å². The summed E-state index contributed by atoms with van der Waals surface area (Å²) >= 11 is 0. The predicted octanol–water partition coefficient (Wildman–Crippen LogP) is 3.39. The summed E-state index contributed by atoms with van der Waals surface area (Å²) in [5, 5.41) is 11.7. The normalized spacial score (nSPS) is 15.1. The van der Waals surface area contributed by atoms with E-state index in [0.717, 1.165) is 35.2 Å². The molecule has 0 radical (unpaired) electrons. The summed E-state index contributed by atoms with van der Waals surface area (Å²) < 4.78 is 11.3. The van der Waals surface area contributed by atoms with E-state index in [0.29, 0.717) is 25.3 Å². The molecular formula is C25H29N3O4. The van der Waals surface area contributed by atoms with Crippen molar-refractivity contribution in [1.29, 1.82) is 5.26 Å². The Kier molecular flexibility index (Phi) is 8.23. The quantitative estimate of drug-likeness (QED) is 0.652. The molecule has 32 heavy (non-hydrogen) atoms. The van der Waals surface area contributed by atoms with Crippen molar-refractivity contribution in [3.63, 3.8) is 0 Å². The molecule has 2 amide bonds. The average molecular weight is 436 g/mol. The molecule has 168 valence electrons. The molecule has 1 heterocycles. The van der Waals surface area contributed by atoms with Crippen LogP contribution in [-0.2, 0) is 20.7 Å². The maximum Gasteiger partial charge on any atom is 0.261 e. The number of rotatable bonds is 9. The third kappa shape index (κ3) is 6.56. The minimum atomic E-state index is -0.280. The van der Waals surface area contributed by atoms with Gasteiger partial charge < -0.3 is 19.7 Å². The van der Waals surface area contributed by atoms with Gasteiger partial charge in [0, 0.05) is 18.8 Å². The summed E-state index contributed by atoms with van der Waals surface area (Å²) in [7, 11) is 0. The maximum absolute atomic E-state index is 12.9. The lowest BCUT2D eigenvalue weighted by molar-refractivity contribution is -0.138. The third-order valence-corrected chi connectivity index (χ3v) is 5.58. The second kappa shape index (κ2) is 11.3. The van der Waals surface area contributed by atoms with Gasteiger partial charge in [0.2, 0.25) is 5.91 Å². The number of ether oxygens (including phenoxy) is 2. The van der Waals surface area contributed by atoms with E-state index in [4.69, 9.17) is 14.7 Å². The first-order chi connectivity index (χ1) is 15.5. The first kappa shape index (κ1) is 23.3. The number of carbonyl (C=O) groups excluding carboxylic acids is 2. The number of hydrogen-bond donors (Lipinski definition) is 1. The molecule has 0 spiro atoms. The van der Waals surface area contributed by atoms with Gasteiger partial charge >= 0.3 is 0 Å². The first-order valence-corrected chi connectivity index (χ1v) is 10.8. The van der Waals surface area contributed by atoms with Gasteiger partial charge in [-0.15, -0.1) is 0 Å². The highest BCUT2D eigenvalue weighted by Gasteiger charge is 2.25. The summed E-state index contributed by atoms with van der Waals surface area (Å²) in [6.07, 6.45) is 2.07. The molecule has 3 rings (SSSR count). The molecule has 2 aromatic rings. The van der Waals surface area contributed by atoms with Crippen molar-refractivity contribution in [3.05, 3.63) is 59.2 Å². The molecule has 1 atom stereocenters. The largest absolute Gasteiger partial charge is 0.484 e. The van der Waals surface area contributed by atoms with Gasteiger partial charge in [0.1, 0.15) is 12.3 Å². The Balaban J connectivity index is 1.62. The molecule has 1 aliphatic heterocycles.